The lowest BCUT2D eigenvalue weighted by Crippen LogP contribution is -2.18. The minimum atomic E-state index is -0.177. The number of aromatic nitrogens is 4. The maximum Gasteiger partial charge on any atom is 0.127 e. The van der Waals surface area contributed by atoms with Crippen molar-refractivity contribution in [1.29, 1.82) is 0 Å². The lowest BCUT2D eigenvalue weighted by Gasteiger charge is -2.22. The topological polar surface area (TPSA) is 94.3 Å². The summed E-state index contributed by atoms with van der Waals surface area (Å²) >= 11 is 10.7. The summed E-state index contributed by atoms with van der Waals surface area (Å²) < 4.78 is 25.9. The van der Waals surface area contributed by atoms with E-state index in [1.165, 1.54) is 0 Å². The van der Waals surface area contributed by atoms with Gasteiger partial charge in [-0.1, -0.05) is 115 Å². The van der Waals surface area contributed by atoms with E-state index in [9.17, 15) is 0 Å². The third-order valence-electron chi connectivity index (χ3n) is 11.4. The zero-order chi connectivity index (χ0) is 45.1. The van der Waals surface area contributed by atoms with Crippen LogP contribution in [0.15, 0.2) is 109 Å². The minimum absolute atomic E-state index is 0.177. The highest BCUT2D eigenvalue weighted by Gasteiger charge is 2.26. The minimum Gasteiger partial charge on any atom is -0.494 e. The average molecular weight is 1060 g/mol. The number of allylic oxidation sites excluding steroid dienone is 5. The molecule has 3 aromatic heterocycles. The lowest BCUT2D eigenvalue weighted by atomic mass is 9.79. The van der Waals surface area contributed by atoms with Gasteiger partial charge in [-0.3, -0.25) is 0 Å². The Kier molecular flexibility index (Phi) is 16.0. The molecule has 65 heavy (non-hydrogen) atoms. The molecule has 0 fully saturated rings. The van der Waals surface area contributed by atoms with Gasteiger partial charge in [-0.25, -0.2) is 9.97 Å². The van der Waals surface area contributed by atoms with Crippen molar-refractivity contribution < 1.29 is 18.9 Å². The third kappa shape index (κ3) is 10.2. The van der Waals surface area contributed by atoms with E-state index >= 15 is 0 Å². The zero-order valence-corrected chi connectivity index (χ0v) is 41.7. The van der Waals surface area contributed by atoms with Gasteiger partial charge in [-0.05, 0) is 98.9 Å². The van der Waals surface area contributed by atoms with E-state index in [0.717, 1.165) is 132 Å². The molecule has 1 aliphatic carbocycles. The fraction of sp³-hybridized carbons (Fsp3) is 0.245. The average Bonchev–Trinajstić information content (AvgIpc) is 4.19. The second-order valence-corrected chi connectivity index (χ2v) is 17.8. The molecule has 332 valence electrons. The summed E-state index contributed by atoms with van der Waals surface area (Å²) in [6, 6.07) is 24.9. The van der Waals surface area contributed by atoms with Gasteiger partial charge in [-0.2, -0.15) is 0 Å². The fourth-order valence-electron chi connectivity index (χ4n) is 8.50. The van der Waals surface area contributed by atoms with E-state index in [4.69, 9.17) is 28.9 Å². The van der Waals surface area contributed by atoms with Crippen molar-refractivity contribution in [3.05, 3.63) is 143 Å². The second kappa shape index (κ2) is 22.4. The Morgan fingerprint density at radius 1 is 0.662 bits per heavy atom. The summed E-state index contributed by atoms with van der Waals surface area (Å²) in [5, 5.41) is 2.12. The number of alkyl halides is 3. The molecule has 8 bridgehead atoms. The summed E-state index contributed by atoms with van der Waals surface area (Å²) in [5.41, 5.74) is 14.3. The van der Waals surface area contributed by atoms with Crippen molar-refractivity contribution in [2.45, 2.75) is 39.5 Å². The van der Waals surface area contributed by atoms with Gasteiger partial charge in [0.15, 0.2) is 0 Å². The molecule has 3 aliphatic rings. The lowest BCUT2D eigenvalue weighted by molar-refractivity contribution is 0.107. The summed E-state index contributed by atoms with van der Waals surface area (Å²) in [6.45, 7) is 8.46. The normalized spacial score (nSPS) is 14.7. The van der Waals surface area contributed by atoms with E-state index in [1.807, 2.05) is 43.3 Å². The van der Waals surface area contributed by atoms with Gasteiger partial charge in [0.05, 0.1) is 55.3 Å². The first-order chi connectivity index (χ1) is 32.0. The molecule has 0 saturated heterocycles. The van der Waals surface area contributed by atoms with E-state index < -0.39 is 0 Å². The quantitative estimate of drug-likeness (QED) is 0.0292. The summed E-state index contributed by atoms with van der Waals surface area (Å²) in [7, 11) is 1.03. The number of benzene rings is 2. The number of H-pyrrole nitrogens is 2. The first kappa shape index (κ1) is 46.4. The van der Waals surface area contributed by atoms with E-state index in [2.05, 4.69) is 163 Å². The summed E-state index contributed by atoms with van der Waals surface area (Å²) in [6.07, 6.45) is 20.6. The molecule has 5 aromatic rings. The molecular weight excluding hydrogens is 1010 g/mol. The van der Waals surface area contributed by atoms with Gasteiger partial charge >= 0.3 is 0 Å². The van der Waals surface area contributed by atoms with Crippen molar-refractivity contribution in [3.8, 4) is 33.8 Å². The van der Waals surface area contributed by atoms with Crippen molar-refractivity contribution in [3.63, 3.8) is 0 Å². The number of ether oxygens (including phenoxy) is 4. The molecule has 0 saturated carbocycles. The number of hydrogen-bond acceptors (Lipinski definition) is 6. The largest absolute Gasteiger partial charge is 0.494 e. The van der Waals surface area contributed by atoms with Crippen LogP contribution in [0.5, 0.6) is 11.5 Å². The maximum atomic E-state index is 6.54. The van der Waals surface area contributed by atoms with Crippen LogP contribution >= 0.6 is 47.8 Å². The predicted molar refractivity (Wildman–Crippen MR) is 285 cm³/mol. The van der Waals surface area contributed by atoms with Crippen LogP contribution in [0, 0.1) is 0 Å². The van der Waals surface area contributed by atoms with Crippen LogP contribution in [0.4, 0.5) is 0 Å². The molecule has 2 N–H and O–H groups in total. The van der Waals surface area contributed by atoms with Gasteiger partial charge in [0, 0.05) is 77.0 Å². The number of para-hydroxylation sites is 2. The molecule has 8 rings (SSSR count). The van der Waals surface area contributed by atoms with Gasteiger partial charge in [0.25, 0.3) is 0 Å². The third-order valence-corrected chi connectivity index (χ3v) is 12.3. The Morgan fingerprint density at radius 3 is 1.78 bits per heavy atom. The summed E-state index contributed by atoms with van der Waals surface area (Å²) in [5.74, 6) is 2.33. The van der Waals surface area contributed by atoms with Crippen LogP contribution in [0.1, 0.15) is 54.2 Å². The van der Waals surface area contributed by atoms with Gasteiger partial charge in [0.1, 0.15) is 24.5 Å². The Labute approximate surface area is 407 Å². The van der Waals surface area contributed by atoms with E-state index in [1.54, 1.807) is 0 Å². The molecule has 5 heterocycles. The number of hydrogen-bond donors (Lipinski definition) is 2. The van der Waals surface area contributed by atoms with Crippen LogP contribution in [0.25, 0.3) is 79.8 Å². The molecule has 8 nitrogen and oxygen atoms in total. The van der Waals surface area contributed by atoms with Gasteiger partial charge in [0.2, 0.25) is 0 Å². The first-order valence-electron chi connectivity index (χ1n) is 22.2. The van der Waals surface area contributed by atoms with Gasteiger partial charge < -0.3 is 28.9 Å². The fourth-order valence-corrected chi connectivity index (χ4v) is 9.02. The van der Waals surface area contributed by atoms with Crippen LogP contribution in [-0.4, -0.2) is 75.7 Å². The first-order valence-corrected chi connectivity index (χ1v) is 25.6. The number of nitrogens with zero attached hydrogens (tertiary/aromatic N) is 2. The zero-order valence-electron chi connectivity index (χ0n) is 36.9. The van der Waals surface area contributed by atoms with Crippen LogP contribution in [-0.2, 0) is 9.47 Å². The Hall–Kier alpha value is -5.14. The standard InChI is InChI=1S/C53H52BBr3N4O4/c1-4-34(46(5-2)62-30-26-54-3)50-38-18-20-40(58-38)51(35-12-6-9-15-47(35)63-31-27-55)42-22-24-44(60-42)53(37-14-8-11-17-49(37)65-33-29-57)45-25-23-43(61-45)52(41-21-19-39(50)59-41)36-13-7-10-16-48(36)64-32-28-56/h4-15,17-25,48,54,58,61H,16,26-33H2,1-3H3/b34-4+,46-5+,50-38?,50-39?,51-40?,51-42?,52-41?,52-43?,53-44?,53-45?. The number of aromatic amines is 2. The van der Waals surface area contributed by atoms with Crippen molar-refractivity contribution in [2.75, 3.05) is 42.4 Å². The molecular formula is C53H52BBr3N4O4. The molecule has 1 unspecified atom stereocenters. The SMILES string of the molecule is CBCCOC(=C/C)/C(=C\C)c1c2nc(c(C3=CC=CCC3OCCBr)c3ccc([nH]3)c(-c3ccccc3OCCBr)c3nc(c(-c4ccccc4OCCBr)c4ccc1[nH]4)C=C3)C=C2. The molecule has 2 aliphatic heterocycles. The number of halogens is 3. The Morgan fingerprint density at radius 2 is 1.20 bits per heavy atom. The molecule has 0 spiro atoms. The highest BCUT2D eigenvalue weighted by atomic mass is 79.9. The van der Waals surface area contributed by atoms with Crippen molar-refractivity contribution in [2.24, 2.45) is 0 Å². The number of nitrogens with one attached hydrogen (secondary N) is 2. The molecule has 2 aromatic carbocycles. The highest BCUT2D eigenvalue weighted by molar-refractivity contribution is 9.09. The predicted octanol–water partition coefficient (Wildman–Crippen LogP) is 13.9. The van der Waals surface area contributed by atoms with Gasteiger partial charge in [-0.15, -0.1) is 0 Å². The van der Waals surface area contributed by atoms with E-state index in [-0.39, 0.29) is 6.10 Å². The van der Waals surface area contributed by atoms with Crippen molar-refractivity contribution in [1.82, 2.24) is 19.9 Å². The second-order valence-electron chi connectivity index (χ2n) is 15.5. The van der Waals surface area contributed by atoms with Crippen LogP contribution < -0.4 is 9.47 Å². The number of fused-ring (bicyclic) bond motifs is 8. The maximum absolute atomic E-state index is 6.54. The van der Waals surface area contributed by atoms with Crippen LogP contribution in [0.2, 0.25) is 13.1 Å². The molecule has 0 amide bonds. The Balaban J connectivity index is 1.54. The van der Waals surface area contributed by atoms with Crippen LogP contribution in [0.3, 0.4) is 0 Å². The smallest absolute Gasteiger partial charge is 0.127 e. The Bertz CT molecular complexity index is 2890. The van der Waals surface area contributed by atoms with E-state index in [0.29, 0.717) is 37.1 Å². The molecule has 12 heteroatoms. The summed E-state index contributed by atoms with van der Waals surface area (Å²) in [4.78, 5) is 18.9. The molecule has 0 radical (unpaired) electrons. The van der Waals surface area contributed by atoms with Crippen molar-refractivity contribution >= 4 is 113 Å². The highest BCUT2D eigenvalue weighted by Crippen LogP contribution is 2.42. The monoisotopic (exact) mass is 1060 g/mol. The number of rotatable bonds is 18. The molecule has 1 atom stereocenters.